The van der Waals surface area contributed by atoms with Crippen molar-refractivity contribution >= 4 is 17.6 Å². The van der Waals surface area contributed by atoms with E-state index >= 15 is 0 Å². The molecule has 4 heteroatoms. The molecule has 0 saturated carbocycles. The third-order valence-electron chi connectivity index (χ3n) is 1.87. The van der Waals surface area contributed by atoms with Crippen molar-refractivity contribution in [3.05, 3.63) is 6.20 Å². The molecule has 0 saturated heterocycles. The van der Waals surface area contributed by atoms with Crippen LogP contribution < -0.4 is 5.73 Å². The van der Waals surface area contributed by atoms with Crippen LogP contribution in [0.15, 0.2) is 11.1 Å². The highest BCUT2D eigenvalue weighted by molar-refractivity contribution is 7.99. The third kappa shape index (κ3) is 2.66. The van der Waals surface area contributed by atoms with E-state index in [2.05, 4.69) is 18.9 Å². The molecule has 1 aromatic rings. The van der Waals surface area contributed by atoms with E-state index in [0.29, 0.717) is 0 Å². The first-order chi connectivity index (χ1) is 6.29. The Hall–Kier alpha value is -0.640. The van der Waals surface area contributed by atoms with Crippen molar-refractivity contribution in [2.75, 3.05) is 11.5 Å². The smallest absolute Gasteiger partial charge is 0.135 e. The summed E-state index contributed by atoms with van der Waals surface area (Å²) in [5.74, 6) is 1.87. The van der Waals surface area contributed by atoms with Crippen LogP contribution in [-0.2, 0) is 6.54 Å². The molecular formula is C9H17N3S. The number of aryl methyl sites for hydroxylation is 1. The van der Waals surface area contributed by atoms with Gasteiger partial charge < -0.3 is 5.73 Å². The van der Waals surface area contributed by atoms with E-state index in [1.807, 2.05) is 10.9 Å². The summed E-state index contributed by atoms with van der Waals surface area (Å²) in [5.41, 5.74) is 5.91. The molecule has 74 valence electrons. The van der Waals surface area contributed by atoms with Crippen LogP contribution >= 0.6 is 11.8 Å². The zero-order valence-corrected chi connectivity index (χ0v) is 9.10. The number of nitrogen functional groups attached to an aromatic ring is 1. The fraction of sp³-hybridized carbons (Fsp3) is 0.667. The molecule has 3 nitrogen and oxygen atoms in total. The van der Waals surface area contributed by atoms with Crippen LogP contribution in [0.2, 0.25) is 0 Å². The van der Waals surface area contributed by atoms with Crippen LogP contribution in [0.4, 0.5) is 5.82 Å². The maximum atomic E-state index is 5.91. The number of aromatic nitrogens is 2. The van der Waals surface area contributed by atoms with Crippen LogP contribution in [-0.4, -0.2) is 15.5 Å². The Balaban J connectivity index is 2.62. The van der Waals surface area contributed by atoms with E-state index in [-0.39, 0.29) is 0 Å². The summed E-state index contributed by atoms with van der Waals surface area (Å²) in [7, 11) is 0. The fourth-order valence-electron chi connectivity index (χ4n) is 1.13. The van der Waals surface area contributed by atoms with E-state index in [1.54, 1.807) is 11.8 Å². The molecule has 0 fully saturated rings. The lowest BCUT2D eigenvalue weighted by Crippen LogP contribution is -2.04. The normalized spacial score (nSPS) is 10.6. The van der Waals surface area contributed by atoms with Gasteiger partial charge in [-0.2, -0.15) is 5.10 Å². The number of unbranched alkanes of at least 4 members (excludes halogenated alkanes) is 1. The van der Waals surface area contributed by atoms with Crippen molar-refractivity contribution in [3.63, 3.8) is 0 Å². The second-order valence-electron chi connectivity index (χ2n) is 2.90. The molecule has 1 heterocycles. The Morgan fingerprint density at radius 1 is 1.54 bits per heavy atom. The van der Waals surface area contributed by atoms with Gasteiger partial charge in [-0.1, -0.05) is 20.3 Å². The first-order valence-corrected chi connectivity index (χ1v) is 5.72. The average molecular weight is 199 g/mol. The lowest BCUT2D eigenvalue weighted by atomic mass is 10.3. The van der Waals surface area contributed by atoms with Crippen LogP contribution in [0.25, 0.3) is 0 Å². The molecule has 0 aliphatic heterocycles. The van der Waals surface area contributed by atoms with Crippen molar-refractivity contribution in [3.8, 4) is 0 Å². The molecular weight excluding hydrogens is 182 g/mol. The molecule has 0 spiro atoms. The Morgan fingerprint density at radius 2 is 2.31 bits per heavy atom. The van der Waals surface area contributed by atoms with E-state index in [9.17, 15) is 0 Å². The summed E-state index contributed by atoms with van der Waals surface area (Å²) in [6.45, 7) is 5.22. The van der Waals surface area contributed by atoms with Gasteiger partial charge in [0, 0.05) is 6.54 Å². The first kappa shape index (κ1) is 10.4. The van der Waals surface area contributed by atoms with Gasteiger partial charge in [-0.15, -0.1) is 11.8 Å². The van der Waals surface area contributed by atoms with Crippen molar-refractivity contribution in [1.82, 2.24) is 9.78 Å². The molecule has 0 bridgehead atoms. The van der Waals surface area contributed by atoms with Gasteiger partial charge in [-0.3, -0.25) is 0 Å². The van der Waals surface area contributed by atoms with Gasteiger partial charge in [-0.25, -0.2) is 4.68 Å². The zero-order valence-electron chi connectivity index (χ0n) is 8.29. The first-order valence-electron chi connectivity index (χ1n) is 4.73. The highest BCUT2D eigenvalue weighted by Crippen LogP contribution is 2.24. The van der Waals surface area contributed by atoms with Crippen molar-refractivity contribution in [2.24, 2.45) is 0 Å². The molecule has 0 aliphatic carbocycles. The molecule has 0 atom stereocenters. The Labute approximate surface area is 83.7 Å². The molecule has 2 N–H and O–H groups in total. The van der Waals surface area contributed by atoms with E-state index in [0.717, 1.165) is 29.4 Å². The molecule has 0 radical (unpaired) electrons. The lowest BCUT2D eigenvalue weighted by Gasteiger charge is -2.02. The Morgan fingerprint density at radius 3 is 2.92 bits per heavy atom. The van der Waals surface area contributed by atoms with Crippen LogP contribution in [0.5, 0.6) is 0 Å². The zero-order chi connectivity index (χ0) is 9.68. The van der Waals surface area contributed by atoms with Gasteiger partial charge in [-0.05, 0) is 12.2 Å². The minimum atomic E-state index is 0.820. The topological polar surface area (TPSA) is 43.8 Å². The van der Waals surface area contributed by atoms with Crippen molar-refractivity contribution in [2.45, 2.75) is 38.1 Å². The fourth-order valence-corrected chi connectivity index (χ4v) is 1.82. The molecule has 1 aromatic heterocycles. The SMILES string of the molecule is CCCCn1ncc(SCC)c1N. The van der Waals surface area contributed by atoms with E-state index in [1.165, 1.54) is 6.42 Å². The minimum Gasteiger partial charge on any atom is -0.383 e. The summed E-state index contributed by atoms with van der Waals surface area (Å²) in [5, 5.41) is 4.24. The molecule has 0 unspecified atom stereocenters. The summed E-state index contributed by atoms with van der Waals surface area (Å²) in [4.78, 5) is 1.11. The number of nitrogens with two attached hydrogens (primary N) is 1. The van der Waals surface area contributed by atoms with Crippen molar-refractivity contribution < 1.29 is 0 Å². The maximum absolute atomic E-state index is 5.91. The highest BCUT2D eigenvalue weighted by atomic mass is 32.2. The standard InChI is InChI=1S/C9H17N3S/c1-3-5-6-12-9(10)8(7-11-12)13-4-2/h7H,3-6,10H2,1-2H3. The van der Waals surface area contributed by atoms with Crippen LogP contribution in [0, 0.1) is 0 Å². The number of hydrogen-bond acceptors (Lipinski definition) is 3. The summed E-state index contributed by atoms with van der Waals surface area (Å²) < 4.78 is 1.89. The number of nitrogens with zero attached hydrogens (tertiary/aromatic N) is 2. The maximum Gasteiger partial charge on any atom is 0.135 e. The number of rotatable bonds is 5. The van der Waals surface area contributed by atoms with Gasteiger partial charge >= 0.3 is 0 Å². The van der Waals surface area contributed by atoms with Gasteiger partial charge in [0.25, 0.3) is 0 Å². The summed E-state index contributed by atoms with van der Waals surface area (Å²) in [6.07, 6.45) is 4.18. The molecule has 0 aromatic carbocycles. The Bertz CT molecular complexity index is 257. The lowest BCUT2D eigenvalue weighted by molar-refractivity contribution is 0.578. The second kappa shape index (κ2) is 5.17. The summed E-state index contributed by atoms with van der Waals surface area (Å²) >= 11 is 1.75. The number of hydrogen-bond donors (Lipinski definition) is 1. The average Bonchev–Trinajstić information content (AvgIpc) is 2.46. The molecule has 13 heavy (non-hydrogen) atoms. The number of thioether (sulfide) groups is 1. The quantitative estimate of drug-likeness (QED) is 0.740. The van der Waals surface area contributed by atoms with Crippen LogP contribution in [0.3, 0.4) is 0 Å². The summed E-state index contributed by atoms with van der Waals surface area (Å²) in [6, 6.07) is 0. The highest BCUT2D eigenvalue weighted by Gasteiger charge is 2.05. The van der Waals surface area contributed by atoms with E-state index < -0.39 is 0 Å². The van der Waals surface area contributed by atoms with Gasteiger partial charge in [0.2, 0.25) is 0 Å². The van der Waals surface area contributed by atoms with Gasteiger partial charge in [0.05, 0.1) is 11.1 Å². The van der Waals surface area contributed by atoms with Gasteiger partial charge in [0.15, 0.2) is 0 Å². The minimum absolute atomic E-state index is 0.820. The van der Waals surface area contributed by atoms with Gasteiger partial charge in [0.1, 0.15) is 5.82 Å². The van der Waals surface area contributed by atoms with Crippen LogP contribution in [0.1, 0.15) is 26.7 Å². The molecule has 1 rings (SSSR count). The largest absolute Gasteiger partial charge is 0.383 e. The van der Waals surface area contributed by atoms with E-state index in [4.69, 9.17) is 5.73 Å². The third-order valence-corrected chi connectivity index (χ3v) is 2.78. The molecule has 0 aliphatic rings. The second-order valence-corrected chi connectivity index (χ2v) is 4.21. The Kier molecular flexibility index (Phi) is 4.15. The number of anilines is 1. The molecule has 0 amide bonds. The van der Waals surface area contributed by atoms with Crippen molar-refractivity contribution in [1.29, 1.82) is 0 Å². The predicted molar refractivity (Wildman–Crippen MR) is 57.9 cm³/mol. The predicted octanol–water partition coefficient (Wildman–Crippen LogP) is 2.38. The monoisotopic (exact) mass is 199 g/mol.